The van der Waals surface area contributed by atoms with E-state index in [1.165, 1.54) is 11.3 Å². The van der Waals surface area contributed by atoms with Gasteiger partial charge in [-0.15, -0.1) is 11.3 Å². The summed E-state index contributed by atoms with van der Waals surface area (Å²) in [7, 11) is -3.49. The van der Waals surface area contributed by atoms with Crippen LogP contribution in [-0.2, 0) is 19.6 Å². The molecule has 3 atom stereocenters. The maximum absolute atomic E-state index is 13.0. The second-order valence-electron chi connectivity index (χ2n) is 7.85. The van der Waals surface area contributed by atoms with Crippen LogP contribution in [0.1, 0.15) is 31.7 Å². The standard InChI is InChI=1S/C20H25N3O4S2/c1-14-6-11-28-19(14)29(25,26)23-10-8-20(15(2)13-23)7-5-17(27-20)18(24)22-16-4-3-9-21-12-16/h3-4,6,9,11-12,15,17H,5,7-8,10,13H2,1-2H3,(H,22,24). The molecule has 2 aromatic heterocycles. The summed E-state index contributed by atoms with van der Waals surface area (Å²) in [5.74, 6) is -0.172. The van der Waals surface area contributed by atoms with Gasteiger partial charge in [-0.3, -0.25) is 9.78 Å². The first-order valence-electron chi connectivity index (χ1n) is 9.75. The molecule has 156 valence electrons. The van der Waals surface area contributed by atoms with Gasteiger partial charge < -0.3 is 10.1 Å². The molecule has 2 aromatic rings. The molecule has 0 aromatic carbocycles. The Kier molecular flexibility index (Phi) is 5.50. The SMILES string of the molecule is Cc1ccsc1S(=O)(=O)N1CCC2(CCC(C(=O)Nc3cccnc3)O2)C(C)C1. The largest absolute Gasteiger partial charge is 0.362 e. The summed E-state index contributed by atoms with van der Waals surface area (Å²) >= 11 is 1.26. The van der Waals surface area contributed by atoms with Gasteiger partial charge in [0.15, 0.2) is 0 Å². The fraction of sp³-hybridized carbons (Fsp3) is 0.500. The molecule has 7 nitrogen and oxygen atoms in total. The van der Waals surface area contributed by atoms with Crippen molar-refractivity contribution in [3.8, 4) is 0 Å². The van der Waals surface area contributed by atoms with Crippen LogP contribution in [0.15, 0.2) is 40.2 Å². The van der Waals surface area contributed by atoms with Gasteiger partial charge >= 0.3 is 0 Å². The summed E-state index contributed by atoms with van der Waals surface area (Å²) in [6.07, 6.45) is 4.70. The molecule has 0 saturated carbocycles. The van der Waals surface area contributed by atoms with E-state index in [0.29, 0.717) is 35.8 Å². The normalized spacial score (nSPS) is 27.9. The van der Waals surface area contributed by atoms with Gasteiger partial charge in [-0.1, -0.05) is 6.92 Å². The second-order valence-corrected chi connectivity index (χ2v) is 10.9. The topological polar surface area (TPSA) is 88.6 Å². The Hall–Kier alpha value is -1.81. The number of anilines is 1. The monoisotopic (exact) mass is 435 g/mol. The Morgan fingerprint density at radius 3 is 2.86 bits per heavy atom. The van der Waals surface area contributed by atoms with E-state index in [1.807, 2.05) is 25.3 Å². The third-order valence-corrected chi connectivity index (χ3v) is 9.51. The van der Waals surface area contributed by atoms with Crippen molar-refractivity contribution in [2.45, 2.75) is 49.0 Å². The molecule has 2 aliphatic heterocycles. The highest BCUT2D eigenvalue weighted by atomic mass is 32.2. The Balaban J connectivity index is 1.42. The Labute approximate surface area is 175 Å². The maximum atomic E-state index is 13.0. The van der Waals surface area contributed by atoms with E-state index < -0.39 is 21.7 Å². The number of nitrogens with one attached hydrogen (secondary N) is 1. The van der Waals surface area contributed by atoms with Crippen molar-refractivity contribution in [3.63, 3.8) is 0 Å². The van der Waals surface area contributed by atoms with Gasteiger partial charge in [0.2, 0.25) is 0 Å². The average molecular weight is 436 g/mol. The van der Waals surface area contributed by atoms with Gasteiger partial charge in [0.1, 0.15) is 10.3 Å². The van der Waals surface area contributed by atoms with Crippen molar-refractivity contribution in [1.29, 1.82) is 0 Å². The van der Waals surface area contributed by atoms with Crippen molar-refractivity contribution in [1.82, 2.24) is 9.29 Å². The molecular weight excluding hydrogens is 410 g/mol. The maximum Gasteiger partial charge on any atom is 0.253 e. The van der Waals surface area contributed by atoms with E-state index in [4.69, 9.17) is 4.74 Å². The number of amides is 1. The van der Waals surface area contributed by atoms with Crippen molar-refractivity contribution < 1.29 is 17.9 Å². The third-order valence-electron chi connectivity index (χ3n) is 5.98. The zero-order chi connectivity index (χ0) is 20.6. The van der Waals surface area contributed by atoms with Crippen LogP contribution in [0.2, 0.25) is 0 Å². The molecule has 0 bridgehead atoms. The number of carbonyl (C=O) groups is 1. The highest BCUT2D eigenvalue weighted by Crippen LogP contribution is 2.44. The molecule has 2 fully saturated rings. The first-order valence-corrected chi connectivity index (χ1v) is 12.1. The van der Waals surface area contributed by atoms with Crippen molar-refractivity contribution in [2.24, 2.45) is 5.92 Å². The second kappa shape index (κ2) is 7.79. The van der Waals surface area contributed by atoms with E-state index >= 15 is 0 Å². The minimum absolute atomic E-state index is 0.00230. The summed E-state index contributed by atoms with van der Waals surface area (Å²) in [6.45, 7) is 4.64. The van der Waals surface area contributed by atoms with Crippen LogP contribution in [0.4, 0.5) is 5.69 Å². The predicted molar refractivity (Wildman–Crippen MR) is 111 cm³/mol. The number of hydrogen-bond donors (Lipinski definition) is 1. The average Bonchev–Trinajstić information content (AvgIpc) is 3.32. The lowest BCUT2D eigenvalue weighted by Gasteiger charge is -2.43. The summed E-state index contributed by atoms with van der Waals surface area (Å²) in [6, 6.07) is 5.38. The predicted octanol–water partition coefficient (Wildman–Crippen LogP) is 3.04. The zero-order valence-electron chi connectivity index (χ0n) is 16.5. The summed E-state index contributed by atoms with van der Waals surface area (Å²) in [5.41, 5.74) is 0.975. The van der Waals surface area contributed by atoms with Gasteiger partial charge in [-0.05, 0) is 61.2 Å². The molecule has 2 saturated heterocycles. The Morgan fingerprint density at radius 1 is 1.38 bits per heavy atom. The van der Waals surface area contributed by atoms with Gasteiger partial charge in [-0.2, -0.15) is 4.31 Å². The molecule has 29 heavy (non-hydrogen) atoms. The number of piperidine rings is 1. The van der Waals surface area contributed by atoms with Crippen LogP contribution >= 0.6 is 11.3 Å². The molecular formula is C20H25N3O4S2. The molecule has 1 N–H and O–H groups in total. The number of aromatic nitrogens is 1. The van der Waals surface area contributed by atoms with Crippen molar-refractivity contribution >= 4 is 33.0 Å². The smallest absolute Gasteiger partial charge is 0.253 e. The zero-order valence-corrected chi connectivity index (χ0v) is 18.1. The minimum atomic E-state index is -3.49. The number of ether oxygens (including phenoxy) is 1. The van der Waals surface area contributed by atoms with E-state index in [1.54, 1.807) is 28.8 Å². The van der Waals surface area contributed by atoms with Crippen LogP contribution in [0, 0.1) is 12.8 Å². The summed E-state index contributed by atoms with van der Waals surface area (Å²) < 4.78 is 34.3. The van der Waals surface area contributed by atoms with Crippen LogP contribution < -0.4 is 5.32 Å². The minimum Gasteiger partial charge on any atom is -0.362 e. The van der Waals surface area contributed by atoms with Crippen LogP contribution in [-0.4, -0.2) is 48.4 Å². The van der Waals surface area contributed by atoms with Crippen molar-refractivity contribution in [2.75, 3.05) is 18.4 Å². The van der Waals surface area contributed by atoms with Crippen LogP contribution in [0.3, 0.4) is 0 Å². The van der Waals surface area contributed by atoms with Crippen LogP contribution in [0.25, 0.3) is 0 Å². The van der Waals surface area contributed by atoms with E-state index in [0.717, 1.165) is 12.0 Å². The Bertz CT molecular complexity index is 992. The van der Waals surface area contributed by atoms with Gasteiger partial charge in [0, 0.05) is 19.3 Å². The number of carbonyl (C=O) groups excluding carboxylic acids is 1. The molecule has 1 spiro atoms. The quantitative estimate of drug-likeness (QED) is 0.797. The summed E-state index contributed by atoms with van der Waals surface area (Å²) in [5, 5.41) is 4.66. The van der Waals surface area contributed by atoms with Gasteiger partial charge in [0.05, 0.1) is 17.5 Å². The number of hydrogen-bond acceptors (Lipinski definition) is 6. The number of pyridine rings is 1. The van der Waals surface area contributed by atoms with E-state index in [2.05, 4.69) is 10.3 Å². The first kappa shape index (κ1) is 20.5. The first-order chi connectivity index (χ1) is 13.8. The lowest BCUT2D eigenvalue weighted by Crippen LogP contribution is -2.52. The fourth-order valence-electron chi connectivity index (χ4n) is 4.25. The lowest BCUT2D eigenvalue weighted by molar-refractivity contribution is -0.140. The number of thiophene rings is 1. The van der Waals surface area contributed by atoms with E-state index in [9.17, 15) is 13.2 Å². The van der Waals surface area contributed by atoms with Crippen LogP contribution in [0.5, 0.6) is 0 Å². The molecule has 1 amide bonds. The third kappa shape index (κ3) is 3.84. The molecule has 9 heteroatoms. The fourth-order valence-corrected chi connectivity index (χ4v) is 7.33. The Morgan fingerprint density at radius 2 is 2.21 bits per heavy atom. The number of nitrogens with zero attached hydrogens (tertiary/aromatic N) is 2. The summed E-state index contributed by atoms with van der Waals surface area (Å²) in [4.78, 5) is 16.6. The molecule has 2 aliphatic rings. The van der Waals surface area contributed by atoms with Gasteiger partial charge in [0.25, 0.3) is 15.9 Å². The molecule has 4 rings (SSSR count). The number of aryl methyl sites for hydroxylation is 1. The lowest BCUT2D eigenvalue weighted by atomic mass is 9.81. The number of rotatable bonds is 4. The highest BCUT2D eigenvalue weighted by molar-refractivity contribution is 7.91. The molecule has 3 unspecified atom stereocenters. The molecule has 0 radical (unpaired) electrons. The van der Waals surface area contributed by atoms with Gasteiger partial charge in [-0.25, -0.2) is 8.42 Å². The number of sulfonamides is 1. The van der Waals surface area contributed by atoms with E-state index in [-0.39, 0.29) is 11.8 Å². The van der Waals surface area contributed by atoms with Crippen molar-refractivity contribution in [3.05, 3.63) is 41.5 Å². The molecule has 0 aliphatic carbocycles. The molecule has 4 heterocycles. The highest BCUT2D eigenvalue weighted by Gasteiger charge is 2.50.